The third-order valence-corrected chi connectivity index (χ3v) is 2.77. The number of thiazole rings is 1. The highest BCUT2D eigenvalue weighted by Gasteiger charge is 2.15. The van der Waals surface area contributed by atoms with Gasteiger partial charge in [-0.3, -0.25) is 4.79 Å². The second-order valence-corrected chi connectivity index (χ2v) is 4.40. The molecule has 0 bridgehead atoms. The maximum Gasteiger partial charge on any atom is 0.258 e. The van der Waals surface area contributed by atoms with E-state index in [1.165, 1.54) is 11.3 Å². The van der Waals surface area contributed by atoms with Crippen molar-refractivity contribution in [3.05, 3.63) is 26.8 Å². The molecule has 0 aromatic carbocycles. The molecule has 84 valence electrons. The Morgan fingerprint density at radius 1 is 1.50 bits per heavy atom. The minimum absolute atomic E-state index is 0.0688. The topological polar surface area (TPSA) is 78.9 Å². The van der Waals surface area contributed by atoms with E-state index in [-0.39, 0.29) is 17.4 Å². The summed E-state index contributed by atoms with van der Waals surface area (Å²) in [4.78, 5) is 22.3. The number of nitrogens with one attached hydrogen (secondary N) is 1. The SMILES string of the molecule is CC(C)c1c(O)nc(-c2cscn2)[nH]c1=O. The molecule has 5 nitrogen and oxygen atoms in total. The fourth-order valence-electron chi connectivity index (χ4n) is 1.44. The molecule has 0 saturated heterocycles. The highest BCUT2D eigenvalue weighted by molar-refractivity contribution is 7.07. The van der Waals surface area contributed by atoms with E-state index in [1.807, 2.05) is 13.8 Å². The predicted molar refractivity (Wildman–Crippen MR) is 61.7 cm³/mol. The molecule has 6 heteroatoms. The lowest BCUT2D eigenvalue weighted by Crippen LogP contribution is -2.16. The van der Waals surface area contributed by atoms with Crippen molar-refractivity contribution >= 4 is 11.3 Å². The summed E-state index contributed by atoms with van der Waals surface area (Å²) in [5.74, 6) is 0.00985. The van der Waals surface area contributed by atoms with Gasteiger partial charge in [0.15, 0.2) is 5.82 Å². The van der Waals surface area contributed by atoms with Gasteiger partial charge in [-0.15, -0.1) is 11.3 Å². The number of aromatic amines is 1. The molecule has 0 aliphatic carbocycles. The molecule has 0 atom stereocenters. The van der Waals surface area contributed by atoms with Gasteiger partial charge >= 0.3 is 0 Å². The van der Waals surface area contributed by atoms with Crippen LogP contribution < -0.4 is 5.56 Å². The first-order valence-corrected chi connectivity index (χ1v) is 5.75. The molecular formula is C10H11N3O2S. The Labute approximate surface area is 95.8 Å². The number of hydrogen-bond acceptors (Lipinski definition) is 5. The van der Waals surface area contributed by atoms with Gasteiger partial charge in [0, 0.05) is 5.38 Å². The molecule has 2 aromatic rings. The van der Waals surface area contributed by atoms with Crippen molar-refractivity contribution in [1.29, 1.82) is 0 Å². The van der Waals surface area contributed by atoms with E-state index in [4.69, 9.17) is 0 Å². The molecule has 0 radical (unpaired) electrons. The average molecular weight is 237 g/mol. The zero-order chi connectivity index (χ0) is 11.7. The molecule has 2 aromatic heterocycles. The van der Waals surface area contributed by atoms with Crippen molar-refractivity contribution in [3.63, 3.8) is 0 Å². The first-order chi connectivity index (χ1) is 7.59. The molecule has 2 N–H and O–H groups in total. The van der Waals surface area contributed by atoms with Crippen LogP contribution in [0.15, 0.2) is 15.7 Å². The minimum Gasteiger partial charge on any atom is -0.493 e. The zero-order valence-electron chi connectivity index (χ0n) is 8.89. The number of aromatic nitrogens is 3. The summed E-state index contributed by atoms with van der Waals surface area (Å²) < 4.78 is 0. The van der Waals surface area contributed by atoms with Crippen LogP contribution in [0, 0.1) is 0 Å². The molecule has 2 rings (SSSR count). The predicted octanol–water partition coefficient (Wildman–Crippen LogP) is 1.72. The van der Waals surface area contributed by atoms with Crippen molar-refractivity contribution in [2.24, 2.45) is 0 Å². The van der Waals surface area contributed by atoms with Crippen LogP contribution in [0.2, 0.25) is 0 Å². The lowest BCUT2D eigenvalue weighted by Gasteiger charge is -2.06. The van der Waals surface area contributed by atoms with Crippen LogP contribution in [0.1, 0.15) is 25.3 Å². The van der Waals surface area contributed by atoms with Gasteiger partial charge in [0.2, 0.25) is 5.88 Å². The fraction of sp³-hybridized carbons (Fsp3) is 0.300. The maximum atomic E-state index is 11.7. The van der Waals surface area contributed by atoms with Gasteiger partial charge in [-0.05, 0) is 5.92 Å². The summed E-state index contributed by atoms with van der Waals surface area (Å²) in [5.41, 5.74) is 2.19. The van der Waals surface area contributed by atoms with Gasteiger partial charge in [0.05, 0.1) is 11.1 Å². The van der Waals surface area contributed by atoms with Crippen molar-refractivity contribution in [3.8, 4) is 17.4 Å². The van der Waals surface area contributed by atoms with Gasteiger partial charge < -0.3 is 10.1 Å². The summed E-state index contributed by atoms with van der Waals surface area (Å²) in [7, 11) is 0. The molecule has 0 saturated carbocycles. The Hall–Kier alpha value is -1.69. The highest BCUT2D eigenvalue weighted by Crippen LogP contribution is 2.21. The Bertz CT molecular complexity index is 546. The number of rotatable bonds is 2. The molecule has 0 unspecified atom stereocenters. The first-order valence-electron chi connectivity index (χ1n) is 4.81. The van der Waals surface area contributed by atoms with E-state index in [9.17, 15) is 9.90 Å². The summed E-state index contributed by atoms with van der Waals surface area (Å²) >= 11 is 1.40. The van der Waals surface area contributed by atoms with Crippen molar-refractivity contribution in [1.82, 2.24) is 15.0 Å². The summed E-state index contributed by atoms with van der Waals surface area (Å²) in [6, 6.07) is 0. The fourth-order valence-corrected chi connectivity index (χ4v) is 1.98. The van der Waals surface area contributed by atoms with E-state index >= 15 is 0 Å². The molecule has 0 amide bonds. The normalized spacial score (nSPS) is 10.9. The van der Waals surface area contributed by atoms with E-state index in [1.54, 1.807) is 10.9 Å². The molecule has 16 heavy (non-hydrogen) atoms. The lowest BCUT2D eigenvalue weighted by atomic mass is 10.1. The van der Waals surface area contributed by atoms with Gasteiger partial charge in [-0.2, -0.15) is 4.98 Å². The Balaban J connectivity index is 2.58. The Morgan fingerprint density at radius 2 is 2.25 bits per heavy atom. The van der Waals surface area contributed by atoms with E-state index < -0.39 is 0 Å². The minimum atomic E-state index is -0.314. The van der Waals surface area contributed by atoms with Crippen LogP contribution in [-0.2, 0) is 0 Å². The second kappa shape index (κ2) is 4.05. The third kappa shape index (κ3) is 1.83. The van der Waals surface area contributed by atoms with E-state index in [0.717, 1.165) is 0 Å². The smallest absolute Gasteiger partial charge is 0.258 e. The summed E-state index contributed by atoms with van der Waals surface area (Å²) in [6.45, 7) is 3.66. The van der Waals surface area contributed by atoms with E-state index in [2.05, 4.69) is 15.0 Å². The Kier molecular flexibility index (Phi) is 2.74. The molecular weight excluding hydrogens is 226 g/mol. The molecule has 0 aliphatic heterocycles. The summed E-state index contributed by atoms with van der Waals surface area (Å²) in [6.07, 6.45) is 0. The standard InChI is InChI=1S/C10H11N3O2S/c1-5(2)7-9(14)12-8(13-10(7)15)6-3-16-4-11-6/h3-5H,1-2H3,(H2,12,13,14,15). The second-order valence-electron chi connectivity index (χ2n) is 3.68. The van der Waals surface area contributed by atoms with Gasteiger partial charge in [-0.25, -0.2) is 4.98 Å². The highest BCUT2D eigenvalue weighted by atomic mass is 32.1. The van der Waals surface area contributed by atoms with Crippen molar-refractivity contribution in [2.75, 3.05) is 0 Å². The third-order valence-electron chi connectivity index (χ3n) is 2.19. The quantitative estimate of drug-likeness (QED) is 0.833. The van der Waals surface area contributed by atoms with Gasteiger partial charge in [0.1, 0.15) is 5.69 Å². The molecule has 0 fully saturated rings. The van der Waals surface area contributed by atoms with Crippen LogP contribution in [0.5, 0.6) is 5.88 Å². The number of H-pyrrole nitrogens is 1. The monoisotopic (exact) mass is 237 g/mol. The van der Waals surface area contributed by atoms with Crippen LogP contribution in [0.3, 0.4) is 0 Å². The van der Waals surface area contributed by atoms with Gasteiger partial charge in [-0.1, -0.05) is 13.8 Å². The van der Waals surface area contributed by atoms with E-state index in [0.29, 0.717) is 17.1 Å². The van der Waals surface area contributed by atoms with Crippen molar-refractivity contribution < 1.29 is 5.11 Å². The average Bonchev–Trinajstić information content (AvgIpc) is 2.67. The zero-order valence-corrected chi connectivity index (χ0v) is 9.71. The van der Waals surface area contributed by atoms with Crippen LogP contribution in [-0.4, -0.2) is 20.1 Å². The number of aromatic hydroxyl groups is 1. The lowest BCUT2D eigenvalue weighted by molar-refractivity contribution is 0.440. The largest absolute Gasteiger partial charge is 0.493 e. The Morgan fingerprint density at radius 3 is 2.75 bits per heavy atom. The maximum absolute atomic E-state index is 11.7. The summed E-state index contributed by atoms with van der Waals surface area (Å²) in [5, 5.41) is 11.4. The first kappa shape index (κ1) is 10.8. The van der Waals surface area contributed by atoms with Crippen LogP contribution in [0.4, 0.5) is 0 Å². The molecule has 0 spiro atoms. The van der Waals surface area contributed by atoms with Crippen LogP contribution in [0.25, 0.3) is 11.5 Å². The molecule has 0 aliphatic rings. The van der Waals surface area contributed by atoms with Gasteiger partial charge in [0.25, 0.3) is 5.56 Å². The number of hydrogen-bond donors (Lipinski definition) is 2. The van der Waals surface area contributed by atoms with Crippen molar-refractivity contribution in [2.45, 2.75) is 19.8 Å². The number of nitrogens with zero attached hydrogens (tertiary/aromatic N) is 2. The molecule has 2 heterocycles. The van der Waals surface area contributed by atoms with Crippen LogP contribution >= 0.6 is 11.3 Å².